The molecule has 2 aliphatic rings. The Kier molecular flexibility index (Phi) is 5.73. The molecule has 1 aliphatic carbocycles. The minimum atomic E-state index is -5.35. The standard InChI is InChI=1S/C25H22F4N2O4/c1-23(2)12-18-20(19(32)13-23)24(25(27,28)29,22(34)31(18)16-8-6-15(26)7-9-16)30-21(33)14-4-10-17(35-3)11-5-14/h4-11H,12-13H2,1-3H3,(H,30,33)/t24-/m1/s1. The van der Waals surface area contributed by atoms with E-state index < -0.39 is 46.1 Å². The molecule has 1 N–H and O–H groups in total. The Balaban J connectivity index is 1.90. The predicted octanol–water partition coefficient (Wildman–Crippen LogP) is 4.56. The van der Waals surface area contributed by atoms with E-state index >= 15 is 0 Å². The second kappa shape index (κ2) is 8.21. The van der Waals surface area contributed by atoms with Crippen molar-refractivity contribution in [2.45, 2.75) is 38.4 Å². The average Bonchev–Trinajstić information content (AvgIpc) is 3.02. The maximum atomic E-state index is 14.8. The minimum absolute atomic E-state index is 0.0343. The summed E-state index contributed by atoms with van der Waals surface area (Å²) in [6, 6.07) is 9.57. The number of nitrogens with one attached hydrogen (secondary N) is 1. The summed E-state index contributed by atoms with van der Waals surface area (Å²) in [4.78, 5) is 40.6. The number of carbonyl (C=O) groups is 3. The molecule has 0 radical (unpaired) electrons. The van der Waals surface area contributed by atoms with Crippen LogP contribution >= 0.6 is 0 Å². The molecule has 0 spiro atoms. The van der Waals surface area contributed by atoms with E-state index in [9.17, 15) is 31.9 Å². The van der Waals surface area contributed by atoms with Gasteiger partial charge >= 0.3 is 6.18 Å². The van der Waals surface area contributed by atoms with E-state index in [0.29, 0.717) is 5.75 Å². The number of amides is 2. The van der Waals surface area contributed by atoms with E-state index in [4.69, 9.17) is 4.74 Å². The molecule has 2 aromatic carbocycles. The van der Waals surface area contributed by atoms with E-state index in [1.165, 1.54) is 31.4 Å². The largest absolute Gasteiger partial charge is 0.497 e. The van der Waals surface area contributed by atoms with Gasteiger partial charge in [-0.3, -0.25) is 19.3 Å². The first-order valence-electron chi connectivity index (χ1n) is 10.7. The van der Waals surface area contributed by atoms with Gasteiger partial charge in [-0.15, -0.1) is 0 Å². The molecule has 10 heteroatoms. The molecule has 0 unspecified atom stereocenters. The van der Waals surface area contributed by atoms with Crippen LogP contribution in [0.25, 0.3) is 0 Å². The number of alkyl halides is 3. The summed E-state index contributed by atoms with van der Waals surface area (Å²) >= 11 is 0. The van der Waals surface area contributed by atoms with Gasteiger partial charge in [0.2, 0.25) is 5.54 Å². The molecule has 4 rings (SSSR count). The van der Waals surface area contributed by atoms with Gasteiger partial charge in [0.1, 0.15) is 11.6 Å². The van der Waals surface area contributed by atoms with Crippen molar-refractivity contribution in [3.8, 4) is 5.75 Å². The lowest BCUT2D eigenvalue weighted by molar-refractivity contribution is -0.186. The van der Waals surface area contributed by atoms with Gasteiger partial charge < -0.3 is 10.1 Å². The maximum Gasteiger partial charge on any atom is 0.425 e. The molecule has 0 saturated heterocycles. The molecule has 2 amide bonds. The van der Waals surface area contributed by atoms with Crippen molar-refractivity contribution in [3.63, 3.8) is 0 Å². The summed E-state index contributed by atoms with van der Waals surface area (Å²) in [5.74, 6) is -3.90. The third kappa shape index (κ3) is 3.96. The number of nitrogens with zero attached hydrogens (tertiary/aromatic N) is 1. The minimum Gasteiger partial charge on any atom is -0.497 e. The van der Waals surface area contributed by atoms with Crippen molar-refractivity contribution in [3.05, 3.63) is 71.2 Å². The van der Waals surface area contributed by atoms with Crippen LogP contribution in [0.2, 0.25) is 0 Å². The Morgan fingerprint density at radius 3 is 2.14 bits per heavy atom. The fraction of sp³-hybridized carbons (Fsp3) is 0.320. The number of rotatable bonds is 4. The van der Waals surface area contributed by atoms with Crippen LogP contribution in [-0.4, -0.2) is 36.4 Å². The van der Waals surface area contributed by atoms with Crippen LogP contribution in [0.5, 0.6) is 5.75 Å². The molecule has 2 aromatic rings. The van der Waals surface area contributed by atoms with Crippen LogP contribution in [0.15, 0.2) is 59.8 Å². The zero-order chi connectivity index (χ0) is 25.8. The first kappa shape index (κ1) is 24.4. The fourth-order valence-electron chi connectivity index (χ4n) is 4.60. The number of allylic oxidation sites excluding steroid dienone is 1. The molecular formula is C25H22F4N2O4. The summed E-state index contributed by atoms with van der Waals surface area (Å²) in [5.41, 5.74) is -5.50. The van der Waals surface area contributed by atoms with Crippen molar-refractivity contribution in [1.82, 2.24) is 5.32 Å². The van der Waals surface area contributed by atoms with Crippen molar-refractivity contribution in [1.29, 1.82) is 0 Å². The number of halogens is 4. The number of hydrogen-bond donors (Lipinski definition) is 1. The molecule has 0 aromatic heterocycles. The van der Waals surface area contributed by atoms with Gasteiger partial charge in [-0.1, -0.05) is 13.8 Å². The highest BCUT2D eigenvalue weighted by molar-refractivity contribution is 6.21. The summed E-state index contributed by atoms with van der Waals surface area (Å²) < 4.78 is 63.0. The van der Waals surface area contributed by atoms with E-state index in [2.05, 4.69) is 0 Å². The molecule has 1 heterocycles. The molecule has 0 fully saturated rings. The second-order valence-electron chi connectivity index (χ2n) is 9.31. The summed E-state index contributed by atoms with van der Waals surface area (Å²) in [6.45, 7) is 3.40. The third-order valence-corrected chi connectivity index (χ3v) is 6.18. The summed E-state index contributed by atoms with van der Waals surface area (Å²) in [5, 5.41) is 1.86. The lowest BCUT2D eigenvalue weighted by Gasteiger charge is -2.35. The van der Waals surface area contributed by atoms with Crippen molar-refractivity contribution >= 4 is 23.3 Å². The number of hydrogen-bond acceptors (Lipinski definition) is 4. The lowest BCUT2D eigenvalue weighted by Crippen LogP contribution is -2.66. The van der Waals surface area contributed by atoms with Gasteiger partial charge in [-0.2, -0.15) is 13.2 Å². The first-order chi connectivity index (χ1) is 16.3. The number of benzene rings is 2. The Morgan fingerprint density at radius 1 is 1.00 bits per heavy atom. The van der Waals surface area contributed by atoms with Crippen LogP contribution in [0.1, 0.15) is 37.0 Å². The number of Topliss-reactive ketones (excluding diaryl/α,β-unsaturated/α-hetero) is 1. The van der Waals surface area contributed by atoms with Gasteiger partial charge in [0.15, 0.2) is 5.78 Å². The summed E-state index contributed by atoms with van der Waals surface area (Å²) in [7, 11) is 1.39. The Labute approximate surface area is 198 Å². The second-order valence-corrected chi connectivity index (χ2v) is 9.31. The zero-order valence-electron chi connectivity index (χ0n) is 19.1. The van der Waals surface area contributed by atoms with E-state index in [1.807, 2.05) is 5.32 Å². The lowest BCUT2D eigenvalue weighted by atomic mass is 9.72. The quantitative estimate of drug-likeness (QED) is 0.638. The molecule has 0 bridgehead atoms. The van der Waals surface area contributed by atoms with Crippen LogP contribution in [0.3, 0.4) is 0 Å². The molecule has 1 aliphatic heterocycles. The number of carbonyl (C=O) groups excluding carboxylic acids is 3. The van der Waals surface area contributed by atoms with Crippen LogP contribution in [-0.2, 0) is 9.59 Å². The number of methoxy groups -OCH3 is 1. The van der Waals surface area contributed by atoms with Crippen LogP contribution < -0.4 is 15.0 Å². The highest BCUT2D eigenvalue weighted by Crippen LogP contribution is 2.52. The van der Waals surface area contributed by atoms with Crippen molar-refractivity contribution in [2.24, 2.45) is 5.41 Å². The van der Waals surface area contributed by atoms with E-state index in [-0.39, 0.29) is 29.8 Å². The zero-order valence-corrected chi connectivity index (χ0v) is 19.1. The van der Waals surface area contributed by atoms with Crippen molar-refractivity contribution in [2.75, 3.05) is 12.0 Å². The highest BCUT2D eigenvalue weighted by Gasteiger charge is 2.72. The van der Waals surface area contributed by atoms with Crippen LogP contribution in [0, 0.1) is 11.2 Å². The normalized spacial score (nSPS) is 21.7. The monoisotopic (exact) mass is 490 g/mol. The predicted molar refractivity (Wildman–Crippen MR) is 118 cm³/mol. The van der Waals surface area contributed by atoms with Gasteiger partial charge in [0.05, 0.1) is 12.7 Å². The molecule has 1 atom stereocenters. The SMILES string of the molecule is COc1ccc(C(=O)N[C@@]2(C(F)(F)F)C(=O)N(c3ccc(F)cc3)C3=C2C(=O)CC(C)(C)C3)cc1. The molecule has 0 saturated carbocycles. The number of anilines is 1. The molecule has 184 valence electrons. The molecular weight excluding hydrogens is 468 g/mol. The van der Waals surface area contributed by atoms with Crippen LogP contribution in [0.4, 0.5) is 23.2 Å². The summed E-state index contributed by atoms with van der Waals surface area (Å²) in [6.07, 6.45) is -5.63. The molecule has 35 heavy (non-hydrogen) atoms. The van der Waals surface area contributed by atoms with Gasteiger partial charge in [0, 0.05) is 23.4 Å². The Hall–Kier alpha value is -3.69. The smallest absolute Gasteiger partial charge is 0.425 e. The van der Waals surface area contributed by atoms with E-state index in [1.54, 1.807) is 13.8 Å². The molecule has 6 nitrogen and oxygen atoms in total. The Bertz CT molecular complexity index is 1230. The van der Waals surface area contributed by atoms with Gasteiger partial charge in [-0.05, 0) is 60.4 Å². The third-order valence-electron chi connectivity index (χ3n) is 6.18. The van der Waals surface area contributed by atoms with Crippen molar-refractivity contribution < 1.29 is 36.7 Å². The van der Waals surface area contributed by atoms with E-state index in [0.717, 1.165) is 29.2 Å². The average molecular weight is 490 g/mol. The van der Waals surface area contributed by atoms with Gasteiger partial charge in [0.25, 0.3) is 11.8 Å². The first-order valence-corrected chi connectivity index (χ1v) is 10.7. The fourth-order valence-corrected chi connectivity index (χ4v) is 4.60. The number of ether oxygens (including phenoxy) is 1. The van der Waals surface area contributed by atoms with Gasteiger partial charge in [-0.25, -0.2) is 4.39 Å². The Morgan fingerprint density at radius 2 is 1.60 bits per heavy atom. The maximum absolute atomic E-state index is 14.8. The number of ketones is 1. The topological polar surface area (TPSA) is 75.7 Å². The highest BCUT2D eigenvalue weighted by atomic mass is 19.4.